The third-order valence-corrected chi connectivity index (χ3v) is 1.06. The average molecular weight is 115 g/mol. The molecule has 0 saturated carbocycles. The number of hydrogen-bond acceptors (Lipinski definition) is 3. The highest BCUT2D eigenvalue weighted by Gasteiger charge is 2.17. The van der Waals surface area contributed by atoms with Gasteiger partial charge in [0, 0.05) is 0 Å². The molecule has 1 aliphatic rings. The van der Waals surface area contributed by atoms with E-state index in [1.807, 2.05) is 13.0 Å². The molecule has 1 heterocycles. The summed E-state index contributed by atoms with van der Waals surface area (Å²) in [7, 11) is 0. The first-order chi connectivity index (χ1) is 3.70. The highest BCUT2D eigenvalue weighted by Crippen LogP contribution is 2.13. The summed E-state index contributed by atoms with van der Waals surface area (Å²) in [5.74, 6) is 0.750. The molecule has 46 valence electrons. The second-order valence-corrected chi connectivity index (χ2v) is 1.91. The molecule has 1 aliphatic heterocycles. The number of hydroxylamine groups is 2. The van der Waals surface area contributed by atoms with Crippen LogP contribution < -0.4 is 0 Å². The Morgan fingerprint density at radius 1 is 1.88 bits per heavy atom. The molecule has 0 aromatic carbocycles. The van der Waals surface area contributed by atoms with Crippen LogP contribution in [0.3, 0.4) is 0 Å². The van der Waals surface area contributed by atoms with Gasteiger partial charge in [-0.15, -0.1) is 0 Å². The molecule has 0 spiro atoms. The molecular weight excluding hydrogens is 106 g/mol. The molecule has 3 nitrogen and oxygen atoms in total. The van der Waals surface area contributed by atoms with Crippen molar-refractivity contribution in [3.8, 4) is 0 Å². The Kier molecular flexibility index (Phi) is 1.23. The molecule has 1 unspecified atom stereocenters. The summed E-state index contributed by atoms with van der Waals surface area (Å²) in [6, 6.07) is -0.00463. The molecule has 0 saturated heterocycles. The highest BCUT2D eigenvalue weighted by molar-refractivity contribution is 4.98. The molecular formula is C5H9NO2. The zero-order valence-corrected chi connectivity index (χ0v) is 4.96. The van der Waals surface area contributed by atoms with Crippen LogP contribution in [0.25, 0.3) is 0 Å². The molecule has 0 fully saturated rings. The first kappa shape index (κ1) is 5.59. The van der Waals surface area contributed by atoms with Crippen molar-refractivity contribution in [2.75, 3.05) is 0 Å². The fourth-order valence-electron chi connectivity index (χ4n) is 0.665. The summed E-state index contributed by atoms with van der Waals surface area (Å²) in [6.07, 6.45) is 1.83. The molecule has 0 aromatic heterocycles. The van der Waals surface area contributed by atoms with E-state index in [4.69, 9.17) is 10.0 Å². The quantitative estimate of drug-likeness (QED) is 0.509. The van der Waals surface area contributed by atoms with Crippen molar-refractivity contribution < 1.29 is 10.0 Å². The van der Waals surface area contributed by atoms with Gasteiger partial charge in [-0.3, -0.25) is 5.21 Å². The van der Waals surface area contributed by atoms with Gasteiger partial charge in [-0.25, -0.2) is 0 Å². The van der Waals surface area contributed by atoms with Gasteiger partial charge >= 0.3 is 0 Å². The zero-order chi connectivity index (χ0) is 6.15. The number of hydrogen-bond donors (Lipinski definition) is 1. The van der Waals surface area contributed by atoms with Crippen molar-refractivity contribution in [3.63, 3.8) is 0 Å². The Morgan fingerprint density at radius 3 is 2.62 bits per heavy atom. The number of allylic oxidation sites excluding steroid dienone is 1. The fourth-order valence-corrected chi connectivity index (χ4v) is 0.665. The van der Waals surface area contributed by atoms with E-state index in [1.165, 1.54) is 0 Å². The molecule has 0 amide bonds. The Balaban J connectivity index is 2.56. The van der Waals surface area contributed by atoms with E-state index in [0.717, 1.165) is 11.0 Å². The highest BCUT2D eigenvalue weighted by atomic mass is 16.9. The van der Waals surface area contributed by atoms with Crippen LogP contribution in [0.4, 0.5) is 0 Å². The fraction of sp³-hybridized carbons (Fsp3) is 0.600. The van der Waals surface area contributed by atoms with Gasteiger partial charge in [0.25, 0.3) is 0 Å². The van der Waals surface area contributed by atoms with Crippen molar-refractivity contribution in [1.82, 2.24) is 5.23 Å². The SMILES string of the molecule is CC1=CC(C)N(O)O1. The Bertz CT molecular complexity index is 122. The van der Waals surface area contributed by atoms with Gasteiger partial charge in [0.2, 0.25) is 0 Å². The molecule has 0 bridgehead atoms. The van der Waals surface area contributed by atoms with Gasteiger partial charge in [0.05, 0.1) is 6.04 Å². The average Bonchev–Trinajstić information content (AvgIpc) is 1.85. The molecule has 8 heavy (non-hydrogen) atoms. The summed E-state index contributed by atoms with van der Waals surface area (Å²) in [5, 5.41) is 9.56. The van der Waals surface area contributed by atoms with E-state index in [-0.39, 0.29) is 6.04 Å². The van der Waals surface area contributed by atoms with Crippen molar-refractivity contribution in [2.24, 2.45) is 0 Å². The molecule has 1 N–H and O–H groups in total. The Hall–Kier alpha value is -0.540. The smallest absolute Gasteiger partial charge is 0.122 e. The van der Waals surface area contributed by atoms with Crippen LogP contribution in [-0.4, -0.2) is 16.5 Å². The first-order valence-electron chi connectivity index (χ1n) is 2.54. The lowest BCUT2D eigenvalue weighted by Gasteiger charge is -2.09. The van der Waals surface area contributed by atoms with E-state index in [9.17, 15) is 0 Å². The Morgan fingerprint density at radius 2 is 2.50 bits per heavy atom. The topological polar surface area (TPSA) is 32.7 Å². The summed E-state index contributed by atoms with van der Waals surface area (Å²) in [4.78, 5) is 4.72. The minimum absolute atomic E-state index is 0.00463. The molecule has 1 atom stereocenters. The predicted octanol–water partition coefficient (Wildman–Crippen LogP) is 0.915. The van der Waals surface area contributed by atoms with Crippen molar-refractivity contribution in [2.45, 2.75) is 19.9 Å². The summed E-state index contributed by atoms with van der Waals surface area (Å²) in [5.41, 5.74) is 0. The molecule has 0 aromatic rings. The zero-order valence-electron chi connectivity index (χ0n) is 4.96. The third kappa shape index (κ3) is 0.827. The third-order valence-electron chi connectivity index (χ3n) is 1.06. The summed E-state index contributed by atoms with van der Waals surface area (Å²) >= 11 is 0. The van der Waals surface area contributed by atoms with E-state index in [0.29, 0.717) is 0 Å². The van der Waals surface area contributed by atoms with Gasteiger partial charge < -0.3 is 4.84 Å². The first-order valence-corrected chi connectivity index (χ1v) is 2.54. The van der Waals surface area contributed by atoms with Crippen molar-refractivity contribution in [1.29, 1.82) is 0 Å². The van der Waals surface area contributed by atoms with E-state index in [1.54, 1.807) is 6.92 Å². The minimum atomic E-state index is -0.00463. The van der Waals surface area contributed by atoms with Gasteiger partial charge in [-0.05, 0) is 25.2 Å². The lowest BCUT2D eigenvalue weighted by atomic mass is 10.3. The van der Waals surface area contributed by atoms with Gasteiger partial charge in [0.15, 0.2) is 0 Å². The van der Waals surface area contributed by atoms with E-state index < -0.39 is 0 Å². The van der Waals surface area contributed by atoms with Gasteiger partial charge in [-0.2, -0.15) is 0 Å². The lowest BCUT2D eigenvalue weighted by molar-refractivity contribution is -0.316. The standard InChI is InChI=1S/C5H9NO2/c1-4-3-5(2)8-6(4)7/h3-4,7H,1-2H3. The summed E-state index contributed by atoms with van der Waals surface area (Å²) in [6.45, 7) is 3.64. The monoisotopic (exact) mass is 115 g/mol. The summed E-state index contributed by atoms with van der Waals surface area (Å²) < 4.78 is 0. The number of rotatable bonds is 0. The normalized spacial score (nSPS) is 29.9. The second kappa shape index (κ2) is 1.76. The largest absolute Gasteiger partial charge is 0.385 e. The second-order valence-electron chi connectivity index (χ2n) is 1.91. The maximum atomic E-state index is 8.73. The van der Waals surface area contributed by atoms with Gasteiger partial charge in [0.1, 0.15) is 5.76 Å². The van der Waals surface area contributed by atoms with E-state index >= 15 is 0 Å². The molecule has 0 aliphatic carbocycles. The van der Waals surface area contributed by atoms with Crippen LogP contribution in [0.2, 0.25) is 0 Å². The minimum Gasteiger partial charge on any atom is -0.385 e. The maximum absolute atomic E-state index is 8.73. The van der Waals surface area contributed by atoms with Crippen LogP contribution in [0.1, 0.15) is 13.8 Å². The van der Waals surface area contributed by atoms with Crippen molar-refractivity contribution in [3.05, 3.63) is 11.8 Å². The van der Waals surface area contributed by atoms with Crippen molar-refractivity contribution >= 4 is 0 Å². The molecule has 1 rings (SSSR count). The van der Waals surface area contributed by atoms with Crippen LogP contribution in [-0.2, 0) is 4.84 Å². The van der Waals surface area contributed by atoms with Crippen LogP contribution >= 0.6 is 0 Å². The van der Waals surface area contributed by atoms with Crippen LogP contribution in [0.15, 0.2) is 11.8 Å². The lowest BCUT2D eigenvalue weighted by Crippen LogP contribution is -2.21. The maximum Gasteiger partial charge on any atom is 0.122 e. The van der Waals surface area contributed by atoms with Crippen LogP contribution in [0, 0.1) is 0 Å². The molecule has 3 heteroatoms. The van der Waals surface area contributed by atoms with Gasteiger partial charge in [-0.1, -0.05) is 0 Å². The van der Waals surface area contributed by atoms with Crippen LogP contribution in [0.5, 0.6) is 0 Å². The molecule has 0 radical (unpaired) electrons. The number of nitrogens with zero attached hydrogens (tertiary/aromatic N) is 1. The predicted molar refractivity (Wildman–Crippen MR) is 27.9 cm³/mol. The Labute approximate surface area is 48.1 Å². The van der Waals surface area contributed by atoms with E-state index in [2.05, 4.69) is 0 Å².